The van der Waals surface area contributed by atoms with E-state index >= 15 is 0 Å². The number of carbonyl (C=O) groups is 2. The Morgan fingerprint density at radius 1 is 1.15 bits per heavy atom. The average molecular weight is 486 g/mol. The third kappa shape index (κ3) is 5.51. The highest BCUT2D eigenvalue weighted by Gasteiger charge is 2.41. The maximum absolute atomic E-state index is 12.9. The van der Waals surface area contributed by atoms with Crippen molar-refractivity contribution in [2.24, 2.45) is 0 Å². The van der Waals surface area contributed by atoms with Gasteiger partial charge in [0.15, 0.2) is 0 Å². The lowest BCUT2D eigenvalue weighted by molar-refractivity contribution is -0.140. The van der Waals surface area contributed by atoms with Gasteiger partial charge in [0, 0.05) is 35.4 Å². The lowest BCUT2D eigenvalue weighted by Crippen LogP contribution is -2.33. The summed E-state index contributed by atoms with van der Waals surface area (Å²) in [6.07, 6.45) is 3.14. The van der Waals surface area contributed by atoms with Crippen LogP contribution >= 0.6 is 23.4 Å². The molecule has 2 unspecified atom stereocenters. The molecule has 1 saturated heterocycles. The molecule has 0 spiro atoms. The van der Waals surface area contributed by atoms with Crippen LogP contribution in [0.5, 0.6) is 5.75 Å². The number of halogens is 1. The Bertz CT molecular complexity index is 1160. The number of phenolic OH excluding ortho intramolecular Hbond substituents is 1. The topological polar surface area (TPSA) is 103 Å². The lowest BCUT2D eigenvalue weighted by Gasteiger charge is -2.24. The second-order valence-electron chi connectivity index (χ2n) is 7.85. The fourth-order valence-corrected chi connectivity index (χ4v) is 5.55. The van der Waals surface area contributed by atoms with Gasteiger partial charge in [-0.2, -0.15) is 0 Å². The zero-order valence-electron chi connectivity index (χ0n) is 17.8. The quantitative estimate of drug-likeness (QED) is 0.370. The van der Waals surface area contributed by atoms with Crippen LogP contribution in [0.3, 0.4) is 0 Å². The largest absolute Gasteiger partial charge is 0.508 e. The number of hydrogen-bond acceptors (Lipinski definition) is 6. The Morgan fingerprint density at radius 2 is 1.94 bits per heavy atom. The molecule has 1 aromatic heterocycles. The van der Waals surface area contributed by atoms with Crippen molar-refractivity contribution < 1.29 is 19.8 Å². The van der Waals surface area contributed by atoms with Gasteiger partial charge in [0.05, 0.1) is 17.2 Å². The highest BCUT2D eigenvalue weighted by atomic mass is 35.5. The molecule has 33 heavy (non-hydrogen) atoms. The number of anilines is 1. The number of aromatic nitrogens is 1. The molecular weight excluding hydrogens is 462 g/mol. The zero-order chi connectivity index (χ0) is 23.4. The second-order valence-corrected chi connectivity index (χ2v) is 9.58. The molecule has 1 aliphatic heterocycles. The van der Waals surface area contributed by atoms with Crippen molar-refractivity contribution >= 4 is 51.8 Å². The molecule has 0 radical (unpaired) electrons. The number of aromatic hydroxyl groups is 1. The molecular formula is C24H24ClN3O4S. The van der Waals surface area contributed by atoms with Gasteiger partial charge in [0.1, 0.15) is 11.1 Å². The van der Waals surface area contributed by atoms with Crippen LogP contribution in [0.4, 0.5) is 5.69 Å². The molecule has 3 aromatic rings. The van der Waals surface area contributed by atoms with Crippen molar-refractivity contribution in [2.45, 2.75) is 29.9 Å². The van der Waals surface area contributed by atoms with Crippen molar-refractivity contribution in [3.8, 4) is 5.75 Å². The first kappa shape index (κ1) is 23.2. The molecule has 1 amide bonds. The number of rotatable bonds is 9. The van der Waals surface area contributed by atoms with E-state index in [2.05, 4.69) is 10.3 Å². The summed E-state index contributed by atoms with van der Waals surface area (Å²) in [4.78, 5) is 30.2. The number of pyridine rings is 1. The molecule has 1 aliphatic rings. The molecule has 9 heteroatoms. The van der Waals surface area contributed by atoms with E-state index in [-0.39, 0.29) is 23.5 Å². The van der Waals surface area contributed by atoms with Gasteiger partial charge < -0.3 is 20.4 Å². The fraction of sp³-hybridized carbons (Fsp3) is 0.292. The summed E-state index contributed by atoms with van der Waals surface area (Å²) in [6, 6.07) is 14.3. The number of aliphatic carboxylic acids is 1. The van der Waals surface area contributed by atoms with E-state index in [1.54, 1.807) is 35.4 Å². The number of nitrogens with zero attached hydrogens (tertiary/aromatic N) is 2. The highest BCUT2D eigenvalue weighted by Crippen LogP contribution is 2.44. The Hall–Kier alpha value is -2.97. The monoisotopic (exact) mass is 485 g/mol. The molecule has 0 saturated carbocycles. The number of hydrogen-bond donors (Lipinski definition) is 3. The van der Waals surface area contributed by atoms with Crippen molar-refractivity contribution in [1.29, 1.82) is 0 Å². The molecule has 4 rings (SSSR count). The third-order valence-corrected chi connectivity index (χ3v) is 7.24. The summed E-state index contributed by atoms with van der Waals surface area (Å²) in [7, 11) is 0. The Kier molecular flexibility index (Phi) is 7.25. The number of phenols is 1. The van der Waals surface area contributed by atoms with Crippen LogP contribution in [0.1, 0.15) is 30.2 Å². The van der Waals surface area contributed by atoms with Crippen molar-refractivity contribution in [2.75, 3.05) is 18.4 Å². The van der Waals surface area contributed by atoms with Crippen LogP contribution < -0.4 is 5.32 Å². The summed E-state index contributed by atoms with van der Waals surface area (Å²) in [5, 5.41) is 23.0. The molecule has 0 bridgehead atoms. The number of carboxylic acid groups (broad SMARTS) is 1. The van der Waals surface area contributed by atoms with E-state index in [4.69, 9.17) is 11.6 Å². The first-order valence-corrected chi connectivity index (χ1v) is 12.0. The van der Waals surface area contributed by atoms with E-state index in [9.17, 15) is 19.8 Å². The minimum atomic E-state index is -0.984. The molecule has 3 N–H and O–H groups in total. The fourth-order valence-electron chi connectivity index (χ4n) is 3.91. The van der Waals surface area contributed by atoms with E-state index in [0.29, 0.717) is 11.6 Å². The van der Waals surface area contributed by atoms with E-state index < -0.39 is 11.2 Å². The molecule has 1 fully saturated rings. The van der Waals surface area contributed by atoms with Gasteiger partial charge in [-0.15, -0.1) is 11.8 Å². The van der Waals surface area contributed by atoms with E-state index in [1.807, 2.05) is 24.3 Å². The van der Waals surface area contributed by atoms with E-state index in [0.717, 1.165) is 41.5 Å². The van der Waals surface area contributed by atoms with Crippen molar-refractivity contribution in [1.82, 2.24) is 9.88 Å². The summed E-state index contributed by atoms with van der Waals surface area (Å²) in [5.74, 6) is -0.980. The second kappa shape index (κ2) is 10.3. The molecule has 172 valence electrons. The molecule has 0 aliphatic carbocycles. The smallest absolute Gasteiger partial charge is 0.305 e. The number of nitrogens with one attached hydrogen (secondary N) is 1. The highest BCUT2D eigenvalue weighted by molar-refractivity contribution is 8.01. The predicted octanol–water partition coefficient (Wildman–Crippen LogP) is 4.90. The first-order chi connectivity index (χ1) is 15.9. The third-order valence-electron chi connectivity index (χ3n) is 5.52. The van der Waals surface area contributed by atoms with Crippen molar-refractivity contribution in [3.05, 3.63) is 65.3 Å². The van der Waals surface area contributed by atoms with E-state index in [1.165, 1.54) is 11.8 Å². The van der Waals surface area contributed by atoms with Crippen LogP contribution in [-0.2, 0) is 9.59 Å². The maximum Gasteiger partial charge on any atom is 0.305 e. The SMILES string of the molecule is O=C(O)CC1SC(c2ccc(O)cc2)N(CCCCNc2ccnc3cc(Cl)ccc23)C1=O. The normalized spacial score (nSPS) is 18.1. The summed E-state index contributed by atoms with van der Waals surface area (Å²) < 4.78 is 0. The summed E-state index contributed by atoms with van der Waals surface area (Å²) in [5.41, 5.74) is 2.68. The first-order valence-electron chi connectivity index (χ1n) is 10.7. The minimum Gasteiger partial charge on any atom is -0.508 e. The minimum absolute atomic E-state index is 0.148. The predicted molar refractivity (Wildman–Crippen MR) is 131 cm³/mol. The van der Waals surface area contributed by atoms with Crippen LogP contribution in [0, 0.1) is 0 Å². The van der Waals surface area contributed by atoms with Gasteiger partial charge in [-0.1, -0.05) is 23.7 Å². The molecule has 2 aromatic carbocycles. The number of amides is 1. The van der Waals surface area contributed by atoms with Crippen LogP contribution in [0.2, 0.25) is 5.02 Å². The van der Waals surface area contributed by atoms with Gasteiger partial charge in [-0.3, -0.25) is 14.6 Å². The number of benzene rings is 2. The lowest BCUT2D eigenvalue weighted by atomic mass is 10.1. The Morgan fingerprint density at radius 3 is 2.70 bits per heavy atom. The number of unbranched alkanes of at least 4 members (excludes halogenated alkanes) is 1. The van der Waals surface area contributed by atoms with Crippen molar-refractivity contribution in [3.63, 3.8) is 0 Å². The number of thioether (sulfide) groups is 1. The number of fused-ring (bicyclic) bond motifs is 1. The summed E-state index contributed by atoms with van der Waals surface area (Å²) in [6.45, 7) is 1.25. The molecule has 7 nitrogen and oxygen atoms in total. The van der Waals surface area contributed by atoms with Gasteiger partial charge in [-0.05, 0) is 54.8 Å². The standard InChI is InChI=1S/C24H24ClN3O4S/c25-16-5-8-18-19(9-11-27-20(18)13-16)26-10-1-2-12-28-23(32)21(14-22(30)31)33-24(28)15-3-6-17(29)7-4-15/h3-9,11,13,21,24,29H,1-2,10,12,14H2,(H,26,27)(H,30,31). The molecule has 2 heterocycles. The van der Waals surface area contributed by atoms with Gasteiger partial charge in [-0.25, -0.2) is 0 Å². The number of carbonyl (C=O) groups excluding carboxylic acids is 1. The van der Waals surface area contributed by atoms with Gasteiger partial charge in [0.25, 0.3) is 0 Å². The van der Waals surface area contributed by atoms with Crippen LogP contribution in [-0.4, -0.2) is 50.3 Å². The van der Waals surface area contributed by atoms with Gasteiger partial charge in [0.2, 0.25) is 5.91 Å². The van der Waals surface area contributed by atoms with Gasteiger partial charge >= 0.3 is 5.97 Å². The Balaban J connectivity index is 1.37. The van der Waals surface area contributed by atoms with Crippen LogP contribution in [0.15, 0.2) is 54.7 Å². The Labute approximate surface area is 200 Å². The van der Waals surface area contributed by atoms with Crippen LogP contribution in [0.25, 0.3) is 10.9 Å². The average Bonchev–Trinajstić information content (AvgIpc) is 3.08. The zero-order valence-corrected chi connectivity index (χ0v) is 19.4. The maximum atomic E-state index is 12.9. The number of carboxylic acids is 1. The summed E-state index contributed by atoms with van der Waals surface area (Å²) >= 11 is 7.41. The molecule has 2 atom stereocenters.